The summed E-state index contributed by atoms with van der Waals surface area (Å²) in [5.41, 5.74) is 7.05. The fourth-order valence-corrected chi connectivity index (χ4v) is 3.05. The highest BCUT2D eigenvalue weighted by molar-refractivity contribution is 9.10. The zero-order valence-electron chi connectivity index (χ0n) is 9.97. The minimum absolute atomic E-state index is 0.0522. The molecule has 3 N–H and O–H groups in total. The van der Waals surface area contributed by atoms with Gasteiger partial charge < -0.3 is 11.1 Å². The third-order valence-corrected chi connectivity index (χ3v) is 4.81. The Kier molecular flexibility index (Phi) is 4.01. The molecule has 0 aliphatic heterocycles. The van der Waals surface area contributed by atoms with Gasteiger partial charge in [0.25, 0.3) is 0 Å². The first-order valence-electron chi connectivity index (χ1n) is 5.98. The van der Waals surface area contributed by atoms with E-state index in [0.717, 1.165) is 33.9 Å². The molecular formula is C13H18BrClN2. The van der Waals surface area contributed by atoms with Gasteiger partial charge >= 0.3 is 0 Å². The van der Waals surface area contributed by atoms with Crippen LogP contribution in [0.2, 0.25) is 5.02 Å². The molecule has 1 aliphatic rings. The summed E-state index contributed by atoms with van der Waals surface area (Å²) in [7, 11) is 0. The SMILES string of the molecule is CC1CCC(CN)(Nc2ccc(Br)c(Cl)c2)C1. The second kappa shape index (κ2) is 5.17. The normalized spacial score (nSPS) is 28.4. The Balaban J connectivity index is 2.16. The van der Waals surface area contributed by atoms with Gasteiger partial charge in [0, 0.05) is 22.2 Å². The third kappa shape index (κ3) is 2.95. The smallest absolute Gasteiger partial charge is 0.0568 e. The molecule has 17 heavy (non-hydrogen) atoms. The van der Waals surface area contributed by atoms with Crippen molar-refractivity contribution in [1.29, 1.82) is 0 Å². The molecule has 1 aromatic rings. The van der Waals surface area contributed by atoms with E-state index in [4.69, 9.17) is 17.3 Å². The lowest BCUT2D eigenvalue weighted by Crippen LogP contribution is -2.43. The van der Waals surface area contributed by atoms with Crippen LogP contribution in [0.4, 0.5) is 5.69 Å². The molecule has 94 valence electrons. The molecule has 0 amide bonds. The number of hydrogen-bond donors (Lipinski definition) is 2. The second-order valence-corrected chi connectivity index (χ2v) is 6.35. The molecule has 1 aliphatic carbocycles. The summed E-state index contributed by atoms with van der Waals surface area (Å²) >= 11 is 9.50. The van der Waals surface area contributed by atoms with Gasteiger partial charge in [0.1, 0.15) is 0 Å². The molecular weight excluding hydrogens is 300 g/mol. The van der Waals surface area contributed by atoms with Gasteiger partial charge in [-0.25, -0.2) is 0 Å². The Morgan fingerprint density at radius 2 is 2.35 bits per heavy atom. The Hall–Kier alpha value is -0.250. The Morgan fingerprint density at radius 3 is 2.88 bits per heavy atom. The second-order valence-electron chi connectivity index (χ2n) is 5.09. The largest absolute Gasteiger partial charge is 0.378 e. The fourth-order valence-electron chi connectivity index (χ4n) is 2.62. The monoisotopic (exact) mass is 316 g/mol. The predicted molar refractivity (Wildman–Crippen MR) is 77.6 cm³/mol. The van der Waals surface area contributed by atoms with Gasteiger partial charge in [-0.2, -0.15) is 0 Å². The van der Waals surface area contributed by atoms with Crippen molar-refractivity contribution in [2.24, 2.45) is 11.7 Å². The van der Waals surface area contributed by atoms with Crippen molar-refractivity contribution in [2.45, 2.75) is 31.7 Å². The van der Waals surface area contributed by atoms with E-state index in [9.17, 15) is 0 Å². The average Bonchev–Trinajstić information content (AvgIpc) is 2.66. The maximum Gasteiger partial charge on any atom is 0.0568 e. The van der Waals surface area contributed by atoms with E-state index in [2.05, 4.69) is 28.2 Å². The average molecular weight is 318 g/mol. The lowest BCUT2D eigenvalue weighted by atomic mass is 9.96. The van der Waals surface area contributed by atoms with Gasteiger partial charge in [-0.1, -0.05) is 18.5 Å². The van der Waals surface area contributed by atoms with Crippen molar-refractivity contribution in [3.8, 4) is 0 Å². The van der Waals surface area contributed by atoms with Crippen molar-refractivity contribution in [3.63, 3.8) is 0 Å². The molecule has 2 rings (SSSR count). The first-order chi connectivity index (χ1) is 8.04. The van der Waals surface area contributed by atoms with E-state index in [1.54, 1.807) is 0 Å². The van der Waals surface area contributed by atoms with E-state index < -0.39 is 0 Å². The van der Waals surface area contributed by atoms with Crippen LogP contribution < -0.4 is 11.1 Å². The van der Waals surface area contributed by atoms with Crippen LogP contribution in [0.3, 0.4) is 0 Å². The highest BCUT2D eigenvalue weighted by Gasteiger charge is 2.36. The molecule has 4 heteroatoms. The molecule has 0 bridgehead atoms. The van der Waals surface area contributed by atoms with Crippen molar-refractivity contribution in [3.05, 3.63) is 27.7 Å². The van der Waals surface area contributed by atoms with Crippen LogP contribution in [0.1, 0.15) is 26.2 Å². The summed E-state index contributed by atoms with van der Waals surface area (Å²) in [5, 5.41) is 4.30. The van der Waals surface area contributed by atoms with Gasteiger partial charge in [-0.15, -0.1) is 0 Å². The van der Waals surface area contributed by atoms with Gasteiger partial charge in [0.05, 0.1) is 5.02 Å². The van der Waals surface area contributed by atoms with Crippen LogP contribution in [-0.2, 0) is 0 Å². The minimum Gasteiger partial charge on any atom is -0.378 e. The fraction of sp³-hybridized carbons (Fsp3) is 0.538. The molecule has 0 saturated heterocycles. The maximum atomic E-state index is 6.10. The number of halogens is 2. The molecule has 0 radical (unpaired) electrons. The van der Waals surface area contributed by atoms with Crippen LogP contribution in [0, 0.1) is 5.92 Å². The summed E-state index contributed by atoms with van der Waals surface area (Å²) in [6.07, 6.45) is 3.52. The van der Waals surface area contributed by atoms with Gasteiger partial charge in [0.15, 0.2) is 0 Å². The van der Waals surface area contributed by atoms with Crippen LogP contribution in [0.5, 0.6) is 0 Å². The predicted octanol–water partition coefficient (Wildman–Crippen LogP) is 4.03. The summed E-state index contributed by atoms with van der Waals surface area (Å²) in [5.74, 6) is 0.747. The standard InChI is InChI=1S/C13H18BrClN2/c1-9-4-5-13(7-9,8-16)17-10-2-3-11(14)12(15)6-10/h2-3,6,9,17H,4-5,7-8,16H2,1H3. The quantitative estimate of drug-likeness (QED) is 0.883. The van der Waals surface area contributed by atoms with Crippen LogP contribution >= 0.6 is 27.5 Å². The molecule has 2 unspecified atom stereocenters. The van der Waals surface area contributed by atoms with Crippen LogP contribution in [-0.4, -0.2) is 12.1 Å². The van der Waals surface area contributed by atoms with Gasteiger partial charge in [0.2, 0.25) is 0 Å². The molecule has 1 aromatic carbocycles. The minimum atomic E-state index is 0.0522. The first kappa shape index (κ1) is 13.2. The van der Waals surface area contributed by atoms with Crippen molar-refractivity contribution < 1.29 is 0 Å². The number of benzene rings is 1. The van der Waals surface area contributed by atoms with Crippen molar-refractivity contribution in [1.82, 2.24) is 0 Å². The van der Waals surface area contributed by atoms with E-state index in [0.29, 0.717) is 6.54 Å². The molecule has 1 fully saturated rings. The lowest BCUT2D eigenvalue weighted by molar-refractivity contribution is 0.470. The van der Waals surface area contributed by atoms with E-state index in [1.807, 2.05) is 18.2 Å². The Bertz CT molecular complexity index is 410. The van der Waals surface area contributed by atoms with Gasteiger partial charge in [-0.3, -0.25) is 0 Å². The van der Waals surface area contributed by atoms with Crippen molar-refractivity contribution in [2.75, 3.05) is 11.9 Å². The van der Waals surface area contributed by atoms with Gasteiger partial charge in [-0.05, 0) is 59.3 Å². The molecule has 2 nitrogen and oxygen atoms in total. The first-order valence-corrected chi connectivity index (χ1v) is 7.15. The number of nitrogens with one attached hydrogen (secondary N) is 1. The Labute approximate surface area is 116 Å². The third-order valence-electron chi connectivity index (χ3n) is 3.57. The van der Waals surface area contributed by atoms with E-state index >= 15 is 0 Å². The van der Waals surface area contributed by atoms with E-state index in [-0.39, 0.29) is 5.54 Å². The summed E-state index contributed by atoms with van der Waals surface area (Å²) in [6.45, 7) is 2.96. The highest BCUT2D eigenvalue weighted by atomic mass is 79.9. The molecule has 2 atom stereocenters. The maximum absolute atomic E-state index is 6.10. The summed E-state index contributed by atoms with van der Waals surface area (Å²) < 4.78 is 0.923. The molecule has 0 spiro atoms. The molecule has 1 saturated carbocycles. The van der Waals surface area contributed by atoms with Crippen LogP contribution in [0.25, 0.3) is 0 Å². The molecule has 0 aromatic heterocycles. The van der Waals surface area contributed by atoms with Crippen molar-refractivity contribution >= 4 is 33.2 Å². The zero-order chi connectivity index (χ0) is 12.5. The molecule has 0 heterocycles. The van der Waals surface area contributed by atoms with E-state index in [1.165, 1.54) is 6.42 Å². The topological polar surface area (TPSA) is 38.0 Å². The number of rotatable bonds is 3. The highest BCUT2D eigenvalue weighted by Crippen LogP contribution is 2.37. The summed E-state index contributed by atoms with van der Waals surface area (Å²) in [4.78, 5) is 0. The number of anilines is 1. The zero-order valence-corrected chi connectivity index (χ0v) is 12.3. The lowest BCUT2D eigenvalue weighted by Gasteiger charge is -2.30. The summed E-state index contributed by atoms with van der Waals surface area (Å²) in [6, 6.07) is 5.95. The van der Waals surface area contributed by atoms with Crippen LogP contribution in [0.15, 0.2) is 22.7 Å². The number of hydrogen-bond acceptors (Lipinski definition) is 2. The Morgan fingerprint density at radius 1 is 1.59 bits per heavy atom. The number of nitrogens with two attached hydrogens (primary N) is 1.